The summed E-state index contributed by atoms with van der Waals surface area (Å²) in [5.41, 5.74) is -0.385. The second-order valence-corrected chi connectivity index (χ2v) is 7.00. The highest BCUT2D eigenvalue weighted by Gasteiger charge is 2.49. The first kappa shape index (κ1) is 16.1. The van der Waals surface area contributed by atoms with Crippen LogP contribution in [0.4, 0.5) is 13.6 Å². The number of halogens is 2. The Morgan fingerprint density at radius 2 is 1.96 bits per heavy atom. The van der Waals surface area contributed by atoms with Gasteiger partial charge in [-0.3, -0.25) is 0 Å². The normalized spacial score (nSPS) is 23.8. The van der Waals surface area contributed by atoms with Gasteiger partial charge in [-0.05, 0) is 18.8 Å². The number of hydrogen-bond donors (Lipinski definition) is 1. The van der Waals surface area contributed by atoms with E-state index in [2.05, 4.69) is 10.1 Å². The zero-order valence-electron chi connectivity index (χ0n) is 13.3. The van der Waals surface area contributed by atoms with Crippen molar-refractivity contribution in [1.82, 2.24) is 15.0 Å². The predicted molar refractivity (Wildman–Crippen MR) is 76.6 cm³/mol. The number of hydrogen-bond acceptors (Lipinski definition) is 4. The van der Waals surface area contributed by atoms with Gasteiger partial charge in [-0.1, -0.05) is 19.0 Å². The maximum Gasteiger partial charge on any atom is 0.407 e. The molecule has 6 nitrogen and oxygen atoms in total. The molecule has 0 spiro atoms. The fourth-order valence-electron chi connectivity index (χ4n) is 3.58. The van der Waals surface area contributed by atoms with E-state index < -0.39 is 12.0 Å². The highest BCUT2D eigenvalue weighted by Crippen LogP contribution is 2.48. The van der Waals surface area contributed by atoms with Gasteiger partial charge in [0, 0.05) is 31.8 Å². The number of nitrogens with zero attached hydrogens (tertiary/aromatic N) is 3. The fraction of sp³-hybridized carbons (Fsp3) is 0.800. The van der Waals surface area contributed by atoms with Gasteiger partial charge in [-0.25, -0.2) is 13.6 Å². The van der Waals surface area contributed by atoms with Crippen LogP contribution in [0.5, 0.6) is 0 Å². The molecule has 3 rings (SSSR count). The van der Waals surface area contributed by atoms with Crippen molar-refractivity contribution < 1.29 is 23.2 Å². The van der Waals surface area contributed by atoms with E-state index in [1.165, 1.54) is 4.90 Å². The van der Waals surface area contributed by atoms with Crippen molar-refractivity contribution in [3.63, 3.8) is 0 Å². The van der Waals surface area contributed by atoms with E-state index in [1.54, 1.807) is 0 Å². The minimum Gasteiger partial charge on any atom is -0.465 e. The molecule has 0 atom stereocenters. The van der Waals surface area contributed by atoms with Gasteiger partial charge in [0.2, 0.25) is 11.8 Å². The fourth-order valence-corrected chi connectivity index (χ4v) is 3.58. The molecule has 128 valence electrons. The van der Waals surface area contributed by atoms with E-state index >= 15 is 0 Å². The Hall–Kier alpha value is -1.73. The molecule has 0 unspecified atom stereocenters. The summed E-state index contributed by atoms with van der Waals surface area (Å²) in [5, 5.41) is 13.0. The first-order chi connectivity index (χ1) is 10.7. The third-order valence-corrected chi connectivity index (χ3v) is 5.35. The molecule has 23 heavy (non-hydrogen) atoms. The van der Waals surface area contributed by atoms with E-state index in [4.69, 9.17) is 9.63 Å². The van der Waals surface area contributed by atoms with Crippen LogP contribution in [0.15, 0.2) is 4.52 Å². The number of piperidine rings is 1. The molecular weight excluding hydrogens is 308 g/mol. The van der Waals surface area contributed by atoms with E-state index in [0.29, 0.717) is 37.6 Å². The second-order valence-electron chi connectivity index (χ2n) is 7.00. The van der Waals surface area contributed by atoms with Crippen LogP contribution >= 0.6 is 0 Å². The zero-order chi connectivity index (χ0) is 16.8. The molecular formula is C15H21F2N3O3. The lowest BCUT2D eigenvalue weighted by molar-refractivity contribution is -0.0888. The van der Waals surface area contributed by atoms with Crippen LogP contribution in [-0.2, 0) is 5.41 Å². The van der Waals surface area contributed by atoms with Gasteiger partial charge in [0.15, 0.2) is 5.82 Å². The van der Waals surface area contributed by atoms with E-state index in [9.17, 15) is 13.6 Å². The summed E-state index contributed by atoms with van der Waals surface area (Å²) in [6.45, 7) is 4.90. The smallest absolute Gasteiger partial charge is 0.407 e. The highest BCUT2D eigenvalue weighted by atomic mass is 19.3. The van der Waals surface area contributed by atoms with Gasteiger partial charge < -0.3 is 14.5 Å². The lowest BCUT2D eigenvalue weighted by Gasteiger charge is -2.41. The number of alkyl halides is 2. The Kier molecular flexibility index (Phi) is 3.80. The second kappa shape index (κ2) is 5.42. The summed E-state index contributed by atoms with van der Waals surface area (Å²) in [4.78, 5) is 16.9. The van der Waals surface area contributed by atoms with Gasteiger partial charge >= 0.3 is 6.09 Å². The number of carboxylic acid groups (broad SMARTS) is 1. The molecule has 0 aromatic carbocycles. The molecule has 1 saturated carbocycles. The minimum atomic E-state index is -2.62. The van der Waals surface area contributed by atoms with Crippen LogP contribution in [0.2, 0.25) is 0 Å². The summed E-state index contributed by atoms with van der Waals surface area (Å²) < 4.78 is 31.4. The van der Waals surface area contributed by atoms with Crippen molar-refractivity contribution in [2.75, 3.05) is 13.1 Å². The lowest BCUT2D eigenvalue weighted by Crippen LogP contribution is -2.47. The number of aromatic nitrogens is 2. The van der Waals surface area contributed by atoms with Gasteiger partial charge in [0.05, 0.1) is 5.41 Å². The van der Waals surface area contributed by atoms with Crippen molar-refractivity contribution in [1.29, 1.82) is 0 Å². The molecule has 1 amide bonds. The quantitative estimate of drug-likeness (QED) is 0.921. The van der Waals surface area contributed by atoms with Crippen LogP contribution < -0.4 is 0 Å². The Morgan fingerprint density at radius 1 is 1.35 bits per heavy atom. The maximum absolute atomic E-state index is 13.0. The zero-order valence-corrected chi connectivity index (χ0v) is 13.3. The van der Waals surface area contributed by atoms with Crippen LogP contribution in [0.25, 0.3) is 0 Å². The molecule has 1 aromatic heterocycles. The average Bonchev–Trinajstić information content (AvgIpc) is 2.94. The van der Waals surface area contributed by atoms with Gasteiger partial charge in [0.1, 0.15) is 0 Å². The summed E-state index contributed by atoms with van der Waals surface area (Å²) in [5.74, 6) is -1.96. The van der Waals surface area contributed by atoms with Crippen LogP contribution in [0.1, 0.15) is 57.2 Å². The Bertz CT molecular complexity index is 587. The molecule has 1 saturated heterocycles. The van der Waals surface area contributed by atoms with E-state index in [0.717, 1.165) is 0 Å². The predicted octanol–water partition coefficient (Wildman–Crippen LogP) is 3.25. The van der Waals surface area contributed by atoms with E-state index in [-0.39, 0.29) is 30.1 Å². The van der Waals surface area contributed by atoms with Crippen molar-refractivity contribution in [3.8, 4) is 0 Å². The van der Waals surface area contributed by atoms with Gasteiger partial charge in [-0.2, -0.15) is 4.98 Å². The van der Waals surface area contributed by atoms with Crippen molar-refractivity contribution in [2.45, 2.75) is 56.8 Å². The SMILES string of the molecule is CC(C)C1(c2nc(C3CC(F)(F)C3)no2)CCN(C(=O)O)CC1. The Balaban J connectivity index is 1.78. The monoisotopic (exact) mass is 329 g/mol. The van der Waals surface area contributed by atoms with E-state index in [1.807, 2.05) is 13.8 Å². The lowest BCUT2D eigenvalue weighted by atomic mass is 9.70. The molecule has 1 aromatic rings. The van der Waals surface area contributed by atoms with Gasteiger partial charge in [-0.15, -0.1) is 0 Å². The van der Waals surface area contributed by atoms with Crippen molar-refractivity contribution in [3.05, 3.63) is 11.7 Å². The van der Waals surface area contributed by atoms with Crippen molar-refractivity contribution in [2.24, 2.45) is 5.92 Å². The highest BCUT2D eigenvalue weighted by molar-refractivity contribution is 5.65. The molecule has 0 radical (unpaired) electrons. The molecule has 2 aliphatic rings. The molecule has 1 aliphatic heterocycles. The molecule has 1 N–H and O–H groups in total. The van der Waals surface area contributed by atoms with Gasteiger partial charge in [0.25, 0.3) is 0 Å². The molecule has 8 heteroatoms. The number of rotatable bonds is 3. The Morgan fingerprint density at radius 3 is 2.43 bits per heavy atom. The largest absolute Gasteiger partial charge is 0.465 e. The summed E-state index contributed by atoms with van der Waals surface area (Å²) >= 11 is 0. The summed E-state index contributed by atoms with van der Waals surface area (Å²) in [6, 6.07) is 0. The molecule has 2 fully saturated rings. The first-order valence-electron chi connectivity index (χ1n) is 7.93. The summed E-state index contributed by atoms with van der Waals surface area (Å²) in [6.07, 6.45) is -0.190. The number of likely N-dealkylation sites (tertiary alicyclic amines) is 1. The number of amides is 1. The van der Waals surface area contributed by atoms with Crippen LogP contribution in [0.3, 0.4) is 0 Å². The average molecular weight is 329 g/mol. The molecule has 2 heterocycles. The third kappa shape index (κ3) is 2.79. The van der Waals surface area contributed by atoms with Crippen LogP contribution in [-0.4, -0.2) is 45.3 Å². The number of carbonyl (C=O) groups is 1. The summed E-state index contributed by atoms with van der Waals surface area (Å²) in [7, 11) is 0. The van der Waals surface area contributed by atoms with Crippen LogP contribution in [0, 0.1) is 5.92 Å². The molecule has 1 aliphatic carbocycles. The maximum atomic E-state index is 13.0. The molecule has 0 bridgehead atoms. The first-order valence-corrected chi connectivity index (χ1v) is 7.93. The Labute approximate surface area is 132 Å². The topological polar surface area (TPSA) is 79.5 Å². The third-order valence-electron chi connectivity index (χ3n) is 5.35. The minimum absolute atomic E-state index is 0.189. The standard InChI is InChI=1S/C15H21F2N3O3/c1-9(2)14(3-5-20(6-4-14)13(21)22)12-18-11(19-23-12)10-7-15(16,17)8-10/h9-10H,3-8H2,1-2H3,(H,21,22). The van der Waals surface area contributed by atoms with Crippen molar-refractivity contribution >= 4 is 6.09 Å².